The first-order valence-corrected chi connectivity index (χ1v) is 11.3. The van der Waals surface area contributed by atoms with Crippen molar-refractivity contribution in [1.29, 1.82) is 5.26 Å². The molecule has 0 N–H and O–H groups in total. The molecule has 0 aliphatic carbocycles. The fraction of sp³-hybridized carbons (Fsp3) is 0.273. The van der Waals surface area contributed by atoms with Gasteiger partial charge in [-0.25, -0.2) is 12.4 Å². The maximum absolute atomic E-state index is 13.6. The number of hydrogen-bond acceptors (Lipinski definition) is 6. The SMILES string of the molecule is Cc1ccc(C#N)c(S(=O)(=O)n2cc(N3CCN4C=CCC4C3)c3ncccc32)c1. The predicted octanol–water partition coefficient (Wildman–Crippen LogP) is 2.86. The average molecular weight is 420 g/mol. The molecule has 2 aliphatic heterocycles. The molecule has 1 saturated heterocycles. The van der Waals surface area contributed by atoms with Gasteiger partial charge in [-0.15, -0.1) is 0 Å². The number of benzene rings is 1. The number of piperazine rings is 1. The average Bonchev–Trinajstić information content (AvgIpc) is 3.38. The summed E-state index contributed by atoms with van der Waals surface area (Å²) in [6, 6.07) is 10.8. The molecular weight excluding hydrogens is 398 g/mol. The van der Waals surface area contributed by atoms with Gasteiger partial charge in [-0.05, 0) is 49.4 Å². The van der Waals surface area contributed by atoms with E-state index in [2.05, 4.69) is 27.1 Å². The number of nitriles is 1. The fourth-order valence-electron chi connectivity index (χ4n) is 4.33. The Kier molecular flexibility index (Phi) is 4.29. The van der Waals surface area contributed by atoms with Crippen LogP contribution in [0.25, 0.3) is 11.0 Å². The Balaban J connectivity index is 1.65. The van der Waals surface area contributed by atoms with E-state index in [-0.39, 0.29) is 10.5 Å². The maximum Gasteiger partial charge on any atom is 0.269 e. The maximum atomic E-state index is 13.6. The zero-order valence-corrected chi connectivity index (χ0v) is 17.4. The minimum Gasteiger partial charge on any atom is -0.371 e. The summed E-state index contributed by atoms with van der Waals surface area (Å²) < 4.78 is 28.5. The quantitative estimate of drug-likeness (QED) is 0.649. The summed E-state index contributed by atoms with van der Waals surface area (Å²) in [4.78, 5) is 9.08. The number of fused-ring (bicyclic) bond motifs is 2. The topological polar surface area (TPSA) is 82.2 Å². The highest BCUT2D eigenvalue weighted by molar-refractivity contribution is 7.90. The molecule has 0 bridgehead atoms. The first kappa shape index (κ1) is 18.7. The van der Waals surface area contributed by atoms with Gasteiger partial charge in [-0.2, -0.15) is 5.26 Å². The van der Waals surface area contributed by atoms with Gasteiger partial charge in [0.2, 0.25) is 0 Å². The first-order valence-electron chi connectivity index (χ1n) is 9.89. The van der Waals surface area contributed by atoms with Gasteiger partial charge in [-0.3, -0.25) is 4.98 Å². The second-order valence-corrected chi connectivity index (χ2v) is 9.54. The van der Waals surface area contributed by atoms with Crippen LogP contribution in [0.5, 0.6) is 0 Å². The summed E-state index contributed by atoms with van der Waals surface area (Å²) in [5.41, 5.74) is 2.91. The molecule has 4 heterocycles. The van der Waals surface area contributed by atoms with Crippen molar-refractivity contribution in [3.63, 3.8) is 0 Å². The van der Waals surface area contributed by atoms with Crippen molar-refractivity contribution in [1.82, 2.24) is 13.9 Å². The Bertz CT molecular complexity index is 1320. The lowest BCUT2D eigenvalue weighted by Gasteiger charge is -2.39. The number of anilines is 1. The number of nitrogens with zero attached hydrogens (tertiary/aromatic N) is 5. The van der Waals surface area contributed by atoms with Gasteiger partial charge in [0.15, 0.2) is 0 Å². The second kappa shape index (κ2) is 6.89. The minimum absolute atomic E-state index is 0.0158. The smallest absolute Gasteiger partial charge is 0.269 e. The van der Waals surface area contributed by atoms with E-state index in [1.807, 2.05) is 13.0 Å². The molecule has 8 heteroatoms. The van der Waals surface area contributed by atoms with Crippen LogP contribution in [0.1, 0.15) is 17.5 Å². The Morgan fingerprint density at radius 2 is 2.10 bits per heavy atom. The summed E-state index contributed by atoms with van der Waals surface area (Å²) in [6.45, 7) is 4.32. The van der Waals surface area contributed by atoms with Gasteiger partial charge >= 0.3 is 0 Å². The van der Waals surface area contributed by atoms with E-state index < -0.39 is 10.0 Å². The van der Waals surface area contributed by atoms with Crippen LogP contribution in [0.4, 0.5) is 5.69 Å². The molecule has 2 aliphatic rings. The third-order valence-corrected chi connectivity index (χ3v) is 7.59. The van der Waals surface area contributed by atoms with Crippen LogP contribution >= 0.6 is 0 Å². The fourth-order valence-corrected chi connectivity index (χ4v) is 5.92. The highest BCUT2D eigenvalue weighted by Gasteiger charge is 2.31. The number of aromatic nitrogens is 2. The van der Waals surface area contributed by atoms with Crippen molar-refractivity contribution in [2.24, 2.45) is 0 Å². The summed E-state index contributed by atoms with van der Waals surface area (Å²) in [6.07, 6.45) is 8.67. The number of hydrogen-bond donors (Lipinski definition) is 0. The van der Waals surface area contributed by atoms with E-state index in [0.29, 0.717) is 17.1 Å². The molecular formula is C22H21N5O2S. The van der Waals surface area contributed by atoms with Crippen LogP contribution in [0.2, 0.25) is 0 Å². The van der Waals surface area contributed by atoms with Gasteiger partial charge in [0.1, 0.15) is 16.5 Å². The number of rotatable bonds is 3. The van der Waals surface area contributed by atoms with E-state index in [0.717, 1.165) is 37.3 Å². The molecule has 1 unspecified atom stereocenters. The minimum atomic E-state index is -3.96. The van der Waals surface area contributed by atoms with E-state index in [9.17, 15) is 13.7 Å². The molecule has 2 aromatic heterocycles. The van der Waals surface area contributed by atoms with Crippen molar-refractivity contribution in [3.05, 3.63) is 66.1 Å². The highest BCUT2D eigenvalue weighted by atomic mass is 32.2. The summed E-state index contributed by atoms with van der Waals surface area (Å²) >= 11 is 0. The third kappa shape index (κ3) is 2.85. The largest absolute Gasteiger partial charge is 0.371 e. The molecule has 3 aromatic rings. The summed E-state index contributed by atoms with van der Waals surface area (Å²) in [7, 11) is -3.96. The van der Waals surface area contributed by atoms with Crippen molar-refractivity contribution in [2.45, 2.75) is 24.3 Å². The zero-order valence-electron chi connectivity index (χ0n) is 16.6. The van der Waals surface area contributed by atoms with Crippen LogP contribution in [0, 0.1) is 18.3 Å². The molecule has 5 rings (SSSR count). The summed E-state index contributed by atoms with van der Waals surface area (Å²) in [5, 5.41) is 9.47. The van der Waals surface area contributed by atoms with E-state index in [1.54, 1.807) is 42.7 Å². The normalized spacial score (nSPS) is 18.6. The molecule has 1 atom stereocenters. The zero-order chi connectivity index (χ0) is 20.9. The van der Waals surface area contributed by atoms with Crippen LogP contribution in [0.15, 0.2) is 59.9 Å². The molecule has 30 heavy (non-hydrogen) atoms. The molecule has 0 amide bonds. The van der Waals surface area contributed by atoms with Gasteiger partial charge in [0.25, 0.3) is 10.0 Å². The monoisotopic (exact) mass is 419 g/mol. The third-order valence-electron chi connectivity index (χ3n) is 5.87. The van der Waals surface area contributed by atoms with Gasteiger partial charge < -0.3 is 9.80 Å². The van der Waals surface area contributed by atoms with Crippen molar-refractivity contribution in [2.75, 3.05) is 24.5 Å². The van der Waals surface area contributed by atoms with Gasteiger partial charge in [-0.1, -0.05) is 12.1 Å². The van der Waals surface area contributed by atoms with E-state index in [1.165, 1.54) is 3.97 Å². The molecule has 152 valence electrons. The van der Waals surface area contributed by atoms with E-state index in [4.69, 9.17) is 0 Å². The van der Waals surface area contributed by atoms with Crippen LogP contribution in [-0.2, 0) is 10.0 Å². The number of aryl methyl sites for hydroxylation is 1. The summed E-state index contributed by atoms with van der Waals surface area (Å²) in [5.74, 6) is 0. The van der Waals surface area contributed by atoms with Gasteiger partial charge in [0, 0.05) is 38.1 Å². The van der Waals surface area contributed by atoms with Crippen LogP contribution < -0.4 is 4.90 Å². The van der Waals surface area contributed by atoms with Gasteiger partial charge in [0.05, 0.1) is 16.8 Å². The Morgan fingerprint density at radius 3 is 2.93 bits per heavy atom. The molecule has 7 nitrogen and oxygen atoms in total. The first-order chi connectivity index (χ1) is 14.5. The predicted molar refractivity (Wildman–Crippen MR) is 115 cm³/mol. The molecule has 0 radical (unpaired) electrons. The Morgan fingerprint density at radius 1 is 1.23 bits per heavy atom. The Labute approximate surface area is 175 Å². The van der Waals surface area contributed by atoms with Crippen molar-refractivity contribution >= 4 is 26.7 Å². The molecule has 0 saturated carbocycles. The van der Waals surface area contributed by atoms with E-state index >= 15 is 0 Å². The number of pyridine rings is 1. The van der Waals surface area contributed by atoms with Crippen molar-refractivity contribution < 1.29 is 8.42 Å². The lowest BCUT2D eigenvalue weighted by Crippen LogP contribution is -2.49. The standard InChI is InChI=1S/C22H21N5O2S/c1-16-6-7-17(13-23)21(12-16)30(28,29)27-15-20(22-19(27)5-2-8-24-22)26-11-10-25-9-3-4-18(25)14-26/h2-3,5-9,12,15,18H,4,10-11,14H2,1H3. The lowest BCUT2D eigenvalue weighted by molar-refractivity contribution is 0.271. The van der Waals surface area contributed by atoms with Crippen LogP contribution in [0.3, 0.4) is 0 Å². The second-order valence-electron chi connectivity index (χ2n) is 7.76. The lowest BCUT2D eigenvalue weighted by atomic mass is 10.1. The Hall–Kier alpha value is -3.31. The highest BCUT2D eigenvalue weighted by Crippen LogP contribution is 2.33. The van der Waals surface area contributed by atoms with Crippen molar-refractivity contribution in [3.8, 4) is 6.07 Å². The van der Waals surface area contributed by atoms with Crippen LogP contribution in [-0.4, -0.2) is 48.0 Å². The molecule has 1 fully saturated rings. The molecule has 0 spiro atoms. The molecule has 1 aromatic carbocycles.